The highest BCUT2D eigenvalue weighted by Gasteiger charge is 2.18. The van der Waals surface area contributed by atoms with Gasteiger partial charge in [-0.15, -0.1) is 11.8 Å². The zero-order chi connectivity index (χ0) is 12.1. The standard InChI is InChI=1S/C10H12ClNO3S/c1-15-5-9(10(13)14)16-6-2-3-8(12)7(11)4-6/h2-4,9H,5,12H2,1H3,(H,13,14). The molecule has 0 amide bonds. The van der Waals surface area contributed by atoms with Crippen molar-refractivity contribution < 1.29 is 14.6 Å². The molecule has 0 aromatic heterocycles. The minimum atomic E-state index is -0.917. The van der Waals surface area contributed by atoms with Crippen molar-refractivity contribution in [3.63, 3.8) is 0 Å². The Hall–Kier alpha value is -0.910. The maximum atomic E-state index is 10.9. The minimum absolute atomic E-state index is 0.141. The van der Waals surface area contributed by atoms with Gasteiger partial charge in [-0.25, -0.2) is 0 Å². The van der Waals surface area contributed by atoms with E-state index in [0.717, 1.165) is 4.90 Å². The first-order valence-corrected chi connectivity index (χ1v) is 5.73. The van der Waals surface area contributed by atoms with E-state index in [4.69, 9.17) is 27.2 Å². The van der Waals surface area contributed by atoms with Crippen molar-refractivity contribution in [1.29, 1.82) is 0 Å². The van der Waals surface area contributed by atoms with Crippen LogP contribution in [0.4, 0.5) is 5.69 Å². The second-order valence-corrected chi connectivity index (χ2v) is 4.77. The van der Waals surface area contributed by atoms with E-state index in [1.807, 2.05) is 0 Å². The molecular formula is C10H12ClNO3S. The Kier molecular flexibility index (Phi) is 4.92. The number of carboxylic acids is 1. The zero-order valence-corrected chi connectivity index (χ0v) is 10.2. The smallest absolute Gasteiger partial charge is 0.319 e. The molecule has 16 heavy (non-hydrogen) atoms. The summed E-state index contributed by atoms with van der Waals surface area (Å²) >= 11 is 7.02. The number of thioether (sulfide) groups is 1. The SMILES string of the molecule is COCC(Sc1ccc(N)c(Cl)c1)C(=O)O. The number of aliphatic carboxylic acids is 1. The molecule has 0 fully saturated rings. The Morgan fingerprint density at radius 1 is 1.69 bits per heavy atom. The molecule has 88 valence electrons. The zero-order valence-electron chi connectivity index (χ0n) is 8.64. The van der Waals surface area contributed by atoms with Gasteiger partial charge in [-0.1, -0.05) is 11.6 Å². The van der Waals surface area contributed by atoms with Gasteiger partial charge in [0.05, 0.1) is 17.3 Å². The Morgan fingerprint density at radius 3 is 2.88 bits per heavy atom. The second kappa shape index (κ2) is 5.98. The third-order valence-electron chi connectivity index (χ3n) is 1.84. The molecule has 1 aromatic rings. The summed E-state index contributed by atoms with van der Waals surface area (Å²) in [5.41, 5.74) is 6.03. The fourth-order valence-corrected chi connectivity index (χ4v) is 2.26. The van der Waals surface area contributed by atoms with E-state index < -0.39 is 11.2 Å². The predicted molar refractivity (Wildman–Crippen MR) is 65.0 cm³/mol. The summed E-state index contributed by atoms with van der Waals surface area (Å²) < 4.78 is 4.83. The molecule has 0 radical (unpaired) electrons. The number of methoxy groups -OCH3 is 1. The van der Waals surface area contributed by atoms with Crippen molar-refractivity contribution in [2.45, 2.75) is 10.1 Å². The lowest BCUT2D eigenvalue weighted by molar-refractivity contribution is -0.137. The van der Waals surface area contributed by atoms with Gasteiger partial charge in [-0.2, -0.15) is 0 Å². The Labute approximate surface area is 103 Å². The van der Waals surface area contributed by atoms with Crippen LogP contribution in [0, 0.1) is 0 Å². The van der Waals surface area contributed by atoms with Crippen LogP contribution in [0.3, 0.4) is 0 Å². The molecule has 0 saturated carbocycles. The molecule has 1 unspecified atom stereocenters. The van der Waals surface area contributed by atoms with E-state index in [-0.39, 0.29) is 6.61 Å². The first kappa shape index (κ1) is 13.2. The Morgan fingerprint density at radius 2 is 2.38 bits per heavy atom. The highest BCUT2D eigenvalue weighted by molar-refractivity contribution is 8.00. The molecular weight excluding hydrogens is 250 g/mol. The number of anilines is 1. The maximum absolute atomic E-state index is 10.9. The van der Waals surface area contributed by atoms with Crippen molar-refractivity contribution in [3.05, 3.63) is 23.2 Å². The van der Waals surface area contributed by atoms with Crippen LogP contribution in [-0.2, 0) is 9.53 Å². The van der Waals surface area contributed by atoms with E-state index in [0.29, 0.717) is 10.7 Å². The van der Waals surface area contributed by atoms with Crippen molar-refractivity contribution in [2.75, 3.05) is 19.5 Å². The first-order valence-electron chi connectivity index (χ1n) is 4.48. The fraction of sp³-hybridized carbons (Fsp3) is 0.300. The quantitative estimate of drug-likeness (QED) is 0.627. The molecule has 0 aliphatic heterocycles. The van der Waals surface area contributed by atoms with E-state index in [1.54, 1.807) is 18.2 Å². The molecule has 1 atom stereocenters. The number of benzene rings is 1. The number of carboxylic acid groups (broad SMARTS) is 1. The van der Waals surface area contributed by atoms with Crippen LogP contribution in [0.2, 0.25) is 5.02 Å². The summed E-state index contributed by atoms with van der Waals surface area (Å²) in [6.45, 7) is 0.141. The van der Waals surface area contributed by atoms with Crippen LogP contribution >= 0.6 is 23.4 Å². The number of carbonyl (C=O) groups is 1. The number of nitrogens with two attached hydrogens (primary N) is 1. The van der Waals surface area contributed by atoms with Crippen LogP contribution in [0.15, 0.2) is 23.1 Å². The summed E-state index contributed by atoms with van der Waals surface area (Å²) in [4.78, 5) is 11.6. The molecule has 1 aromatic carbocycles. The monoisotopic (exact) mass is 261 g/mol. The Bertz CT molecular complexity index is 386. The minimum Gasteiger partial charge on any atom is -0.480 e. The van der Waals surface area contributed by atoms with Crippen molar-refractivity contribution in [1.82, 2.24) is 0 Å². The average Bonchev–Trinajstić information content (AvgIpc) is 2.22. The first-order chi connectivity index (χ1) is 7.54. The lowest BCUT2D eigenvalue weighted by atomic mass is 10.3. The van der Waals surface area contributed by atoms with Crippen LogP contribution in [0.25, 0.3) is 0 Å². The van der Waals surface area contributed by atoms with E-state index >= 15 is 0 Å². The molecule has 0 aliphatic rings. The van der Waals surface area contributed by atoms with Gasteiger partial charge >= 0.3 is 5.97 Å². The van der Waals surface area contributed by atoms with Crippen molar-refractivity contribution in [2.24, 2.45) is 0 Å². The summed E-state index contributed by atoms with van der Waals surface area (Å²) in [6.07, 6.45) is 0. The normalized spacial score (nSPS) is 12.4. The predicted octanol–water partition coefficient (Wildman–Crippen LogP) is 2.11. The van der Waals surface area contributed by atoms with Crippen molar-refractivity contribution >= 4 is 35.0 Å². The molecule has 3 N–H and O–H groups in total. The van der Waals surface area contributed by atoms with Crippen LogP contribution in [-0.4, -0.2) is 30.0 Å². The van der Waals surface area contributed by atoms with Gasteiger partial charge in [-0.3, -0.25) is 4.79 Å². The van der Waals surface area contributed by atoms with Gasteiger partial charge < -0.3 is 15.6 Å². The highest BCUT2D eigenvalue weighted by atomic mass is 35.5. The van der Waals surface area contributed by atoms with E-state index in [1.165, 1.54) is 18.9 Å². The van der Waals surface area contributed by atoms with Gasteiger partial charge in [0.1, 0.15) is 5.25 Å². The number of hydrogen-bond acceptors (Lipinski definition) is 4. The van der Waals surface area contributed by atoms with Gasteiger partial charge in [-0.05, 0) is 18.2 Å². The number of ether oxygens (including phenoxy) is 1. The molecule has 0 spiro atoms. The van der Waals surface area contributed by atoms with Gasteiger partial charge in [0.15, 0.2) is 0 Å². The number of nitrogen functional groups attached to an aromatic ring is 1. The number of rotatable bonds is 5. The Balaban J connectivity index is 2.77. The largest absolute Gasteiger partial charge is 0.480 e. The number of halogens is 1. The third-order valence-corrected chi connectivity index (χ3v) is 3.32. The summed E-state index contributed by atoms with van der Waals surface area (Å²) in [5.74, 6) is -0.917. The van der Waals surface area contributed by atoms with E-state index in [2.05, 4.69) is 0 Å². The average molecular weight is 262 g/mol. The molecule has 1 rings (SSSR count). The summed E-state index contributed by atoms with van der Waals surface area (Å²) in [5, 5.41) is 8.71. The highest BCUT2D eigenvalue weighted by Crippen LogP contribution is 2.29. The molecule has 6 heteroatoms. The molecule has 0 aliphatic carbocycles. The fourth-order valence-electron chi connectivity index (χ4n) is 1.05. The van der Waals surface area contributed by atoms with Gasteiger partial charge in [0, 0.05) is 12.0 Å². The lowest BCUT2D eigenvalue weighted by Gasteiger charge is -2.11. The number of hydrogen-bond donors (Lipinski definition) is 2. The second-order valence-electron chi connectivity index (χ2n) is 3.08. The molecule has 0 heterocycles. The van der Waals surface area contributed by atoms with Gasteiger partial charge in [0.25, 0.3) is 0 Å². The lowest BCUT2D eigenvalue weighted by Crippen LogP contribution is -2.21. The third kappa shape index (κ3) is 3.59. The summed E-state index contributed by atoms with van der Waals surface area (Å²) in [6, 6.07) is 5.03. The maximum Gasteiger partial charge on any atom is 0.319 e. The molecule has 0 saturated heterocycles. The summed E-state index contributed by atoms with van der Waals surface area (Å²) in [7, 11) is 1.46. The topological polar surface area (TPSA) is 72.5 Å². The van der Waals surface area contributed by atoms with E-state index in [9.17, 15) is 4.79 Å². The van der Waals surface area contributed by atoms with Crippen LogP contribution in [0.5, 0.6) is 0 Å². The van der Waals surface area contributed by atoms with Gasteiger partial charge in [0.2, 0.25) is 0 Å². The van der Waals surface area contributed by atoms with Crippen molar-refractivity contribution in [3.8, 4) is 0 Å². The molecule has 0 bridgehead atoms. The molecule has 4 nitrogen and oxygen atoms in total. The van der Waals surface area contributed by atoms with Crippen LogP contribution < -0.4 is 5.73 Å². The van der Waals surface area contributed by atoms with Crippen LogP contribution in [0.1, 0.15) is 0 Å².